The van der Waals surface area contributed by atoms with Crippen LogP contribution in [0.25, 0.3) is 0 Å². The standard InChI is InChI=1S/C25H34N3O9PS/c1-18(37-38(31,32)33)23(27-24(29)30)28(17-19-9-6-5-7-10-19)39(34,35)21-11-12-22(36-4)20(15-21)16-25(2,3)13-8-14-26/h5-7,9-12,15,18,23,27H,8,13,16-17H2,1-4H3,(H,29,30)(H2,31,32,33)/t18-,23+/m1/s1. The Morgan fingerprint density at radius 2 is 1.85 bits per heavy atom. The minimum absolute atomic E-state index is 0.189. The van der Waals surface area contributed by atoms with E-state index in [1.807, 2.05) is 19.2 Å². The lowest BCUT2D eigenvalue weighted by Crippen LogP contribution is -2.55. The summed E-state index contributed by atoms with van der Waals surface area (Å²) in [5, 5.41) is 20.5. The largest absolute Gasteiger partial charge is 0.496 e. The number of benzene rings is 2. The molecule has 39 heavy (non-hydrogen) atoms. The number of phosphoric ester groups is 1. The van der Waals surface area contributed by atoms with Crippen molar-refractivity contribution in [1.82, 2.24) is 9.62 Å². The van der Waals surface area contributed by atoms with Gasteiger partial charge in [-0.05, 0) is 54.5 Å². The monoisotopic (exact) mass is 583 g/mol. The Hall–Kier alpha value is -2.98. The topological polar surface area (TPSA) is 186 Å². The van der Waals surface area contributed by atoms with E-state index in [9.17, 15) is 32.7 Å². The first kappa shape index (κ1) is 32.2. The fourth-order valence-corrected chi connectivity index (χ4v) is 6.30. The van der Waals surface area contributed by atoms with Crippen LogP contribution in [-0.2, 0) is 32.1 Å². The highest BCUT2D eigenvalue weighted by Gasteiger charge is 2.39. The van der Waals surface area contributed by atoms with Crippen molar-refractivity contribution in [2.24, 2.45) is 5.41 Å². The molecule has 0 aliphatic heterocycles. The van der Waals surface area contributed by atoms with Crippen molar-refractivity contribution < 1.29 is 41.9 Å². The molecule has 0 heterocycles. The van der Waals surface area contributed by atoms with Crippen LogP contribution in [0.4, 0.5) is 4.79 Å². The van der Waals surface area contributed by atoms with E-state index in [4.69, 9.17) is 14.5 Å². The molecule has 214 valence electrons. The lowest BCUT2D eigenvalue weighted by Gasteiger charge is -2.34. The fourth-order valence-electron chi connectivity index (χ4n) is 4.11. The van der Waals surface area contributed by atoms with Gasteiger partial charge in [0.25, 0.3) is 0 Å². The number of amides is 1. The summed E-state index contributed by atoms with van der Waals surface area (Å²) in [6, 6.07) is 14.7. The number of rotatable bonds is 14. The number of hydrogen-bond donors (Lipinski definition) is 4. The molecule has 2 aromatic rings. The molecular weight excluding hydrogens is 549 g/mol. The van der Waals surface area contributed by atoms with Crippen LogP contribution in [0.5, 0.6) is 5.75 Å². The van der Waals surface area contributed by atoms with Crippen molar-refractivity contribution in [3.8, 4) is 11.8 Å². The average molecular weight is 584 g/mol. The molecule has 4 N–H and O–H groups in total. The van der Waals surface area contributed by atoms with Gasteiger partial charge in [0.1, 0.15) is 18.0 Å². The maximum atomic E-state index is 14.1. The van der Waals surface area contributed by atoms with Crippen LogP contribution in [0.3, 0.4) is 0 Å². The Bertz CT molecular complexity index is 1320. The van der Waals surface area contributed by atoms with E-state index in [1.165, 1.54) is 25.3 Å². The Labute approximate surface area is 228 Å². The zero-order chi connectivity index (χ0) is 29.4. The highest BCUT2D eigenvalue weighted by molar-refractivity contribution is 7.89. The second kappa shape index (κ2) is 13.4. The van der Waals surface area contributed by atoms with Gasteiger partial charge in [-0.3, -0.25) is 4.52 Å². The summed E-state index contributed by atoms with van der Waals surface area (Å²) in [7, 11) is -8.16. The van der Waals surface area contributed by atoms with Gasteiger partial charge in [-0.25, -0.2) is 17.8 Å². The predicted molar refractivity (Wildman–Crippen MR) is 142 cm³/mol. The van der Waals surface area contributed by atoms with E-state index in [1.54, 1.807) is 30.3 Å². The summed E-state index contributed by atoms with van der Waals surface area (Å²) in [5.41, 5.74) is 0.685. The minimum atomic E-state index is -5.11. The maximum Gasteiger partial charge on any atom is 0.469 e. The van der Waals surface area contributed by atoms with E-state index >= 15 is 0 Å². The first-order valence-electron chi connectivity index (χ1n) is 11.9. The van der Waals surface area contributed by atoms with E-state index < -0.39 is 36.2 Å². The van der Waals surface area contributed by atoms with Gasteiger partial charge in [0.05, 0.1) is 18.1 Å². The number of carbonyl (C=O) groups is 1. The third kappa shape index (κ3) is 9.61. The number of nitriles is 1. The SMILES string of the molecule is COc1ccc(S(=O)(=O)N(Cc2ccccc2)[C@H](NC(=O)O)[C@@H](C)OP(=O)(O)O)cc1CC(C)(C)CCC#N. The molecule has 2 rings (SSSR count). The Balaban J connectivity index is 2.66. The van der Waals surface area contributed by atoms with Gasteiger partial charge < -0.3 is 24.9 Å². The number of hydrogen-bond acceptors (Lipinski definition) is 7. The van der Waals surface area contributed by atoms with Crippen LogP contribution in [0.15, 0.2) is 53.4 Å². The zero-order valence-corrected chi connectivity index (χ0v) is 23.9. The van der Waals surface area contributed by atoms with Gasteiger partial charge in [0.15, 0.2) is 0 Å². The van der Waals surface area contributed by atoms with Crippen molar-refractivity contribution >= 4 is 23.9 Å². The Kier molecular flexibility index (Phi) is 11.1. The van der Waals surface area contributed by atoms with Crippen molar-refractivity contribution in [2.75, 3.05) is 7.11 Å². The van der Waals surface area contributed by atoms with Gasteiger partial charge in [-0.2, -0.15) is 9.57 Å². The normalized spacial score (nSPS) is 13.9. The summed E-state index contributed by atoms with van der Waals surface area (Å²) < 4.78 is 50.6. The molecule has 0 saturated carbocycles. The highest BCUT2D eigenvalue weighted by Crippen LogP contribution is 2.39. The molecule has 2 atom stereocenters. The van der Waals surface area contributed by atoms with Gasteiger partial charge in [0.2, 0.25) is 10.0 Å². The molecule has 0 spiro atoms. The number of phosphoric acid groups is 1. The predicted octanol–water partition coefficient (Wildman–Crippen LogP) is 3.85. The van der Waals surface area contributed by atoms with Crippen molar-refractivity contribution in [3.63, 3.8) is 0 Å². The molecule has 0 unspecified atom stereocenters. The maximum absolute atomic E-state index is 14.1. The molecule has 0 fully saturated rings. The Morgan fingerprint density at radius 3 is 2.38 bits per heavy atom. The van der Waals surface area contributed by atoms with Gasteiger partial charge in [-0.15, -0.1) is 0 Å². The number of methoxy groups -OCH3 is 1. The molecule has 0 aliphatic carbocycles. The van der Waals surface area contributed by atoms with E-state index in [2.05, 4.69) is 6.07 Å². The zero-order valence-electron chi connectivity index (χ0n) is 22.1. The molecule has 0 aromatic heterocycles. The lowest BCUT2D eigenvalue weighted by atomic mass is 9.81. The van der Waals surface area contributed by atoms with Gasteiger partial charge in [-0.1, -0.05) is 44.2 Å². The Morgan fingerprint density at radius 1 is 1.21 bits per heavy atom. The summed E-state index contributed by atoms with van der Waals surface area (Å²) in [5.74, 6) is 0.437. The molecule has 0 aliphatic rings. The van der Waals surface area contributed by atoms with Crippen molar-refractivity contribution in [2.45, 2.75) is 63.7 Å². The van der Waals surface area contributed by atoms with Crippen LogP contribution in [0, 0.1) is 16.7 Å². The summed E-state index contributed by atoms with van der Waals surface area (Å²) in [4.78, 5) is 30.1. The molecule has 12 nitrogen and oxygen atoms in total. The number of ether oxygens (including phenoxy) is 1. The van der Waals surface area contributed by atoms with E-state index in [0.29, 0.717) is 36.1 Å². The van der Waals surface area contributed by atoms with Gasteiger partial charge >= 0.3 is 13.9 Å². The fraction of sp³-hybridized carbons (Fsp3) is 0.440. The summed E-state index contributed by atoms with van der Waals surface area (Å²) >= 11 is 0. The number of sulfonamides is 1. The molecular formula is C25H34N3O9PS. The minimum Gasteiger partial charge on any atom is -0.496 e. The third-order valence-electron chi connectivity index (χ3n) is 5.95. The second-order valence-corrected chi connectivity index (χ2v) is 12.8. The first-order valence-corrected chi connectivity index (χ1v) is 14.9. The summed E-state index contributed by atoms with van der Waals surface area (Å²) in [6.45, 7) is 4.71. The van der Waals surface area contributed by atoms with Crippen LogP contribution >= 0.6 is 7.82 Å². The molecule has 1 amide bonds. The van der Waals surface area contributed by atoms with Crippen molar-refractivity contribution in [1.29, 1.82) is 5.26 Å². The van der Waals surface area contributed by atoms with Crippen molar-refractivity contribution in [3.05, 3.63) is 59.7 Å². The summed E-state index contributed by atoms with van der Waals surface area (Å²) in [6.07, 6.45) is -3.65. The molecule has 2 aromatic carbocycles. The van der Waals surface area contributed by atoms with Gasteiger partial charge in [0, 0.05) is 13.0 Å². The lowest BCUT2D eigenvalue weighted by molar-refractivity contribution is 0.0679. The number of nitrogens with zero attached hydrogens (tertiary/aromatic N) is 2. The second-order valence-electron chi connectivity index (χ2n) is 9.70. The van der Waals surface area contributed by atoms with Crippen LogP contribution in [0.1, 0.15) is 44.7 Å². The molecule has 14 heteroatoms. The first-order chi connectivity index (χ1) is 18.1. The number of nitrogens with one attached hydrogen (secondary N) is 1. The van der Waals surface area contributed by atoms with Crippen LogP contribution in [0.2, 0.25) is 0 Å². The molecule has 0 bridgehead atoms. The molecule has 0 radical (unpaired) electrons. The quantitative estimate of drug-likeness (QED) is 0.188. The third-order valence-corrected chi connectivity index (χ3v) is 8.38. The van der Waals surface area contributed by atoms with Crippen LogP contribution < -0.4 is 10.1 Å². The smallest absolute Gasteiger partial charge is 0.469 e. The van der Waals surface area contributed by atoms with E-state index in [0.717, 1.165) is 11.2 Å². The van der Waals surface area contributed by atoms with E-state index in [-0.39, 0.29) is 16.9 Å². The number of carboxylic acid groups (broad SMARTS) is 1. The molecule has 0 saturated heterocycles. The highest BCUT2D eigenvalue weighted by atomic mass is 32.2. The average Bonchev–Trinajstić information content (AvgIpc) is 2.84. The van der Waals surface area contributed by atoms with Crippen LogP contribution in [-0.4, -0.2) is 53.1 Å².